The predicted molar refractivity (Wildman–Crippen MR) is 117 cm³/mol. The third-order valence-electron chi connectivity index (χ3n) is 4.79. The molecule has 0 amide bonds. The summed E-state index contributed by atoms with van der Waals surface area (Å²) < 4.78 is 49.3. The van der Waals surface area contributed by atoms with Crippen molar-refractivity contribution in [1.29, 1.82) is 0 Å². The Bertz CT molecular complexity index is 1240. The lowest BCUT2D eigenvalue weighted by atomic mass is 10.2. The van der Waals surface area contributed by atoms with Crippen molar-refractivity contribution in [3.8, 4) is 11.5 Å². The van der Waals surface area contributed by atoms with Crippen LogP contribution in [-0.4, -0.2) is 37.7 Å². The van der Waals surface area contributed by atoms with Crippen LogP contribution >= 0.6 is 0 Å². The van der Waals surface area contributed by atoms with E-state index in [1.54, 1.807) is 13.0 Å². The van der Waals surface area contributed by atoms with Gasteiger partial charge in [0.15, 0.2) is 23.4 Å². The standard InChI is InChI=1S/C22H23N3O7S/c1-3-4-20-23-21(32-24-20)14(2)31-22(26)15-5-7-16(8-6-15)25-33(27,28)17-9-10-18-19(13-17)30-12-11-29-18/h5-10,13-14,25H,3-4,11-12H2,1-2H3. The zero-order valence-corrected chi connectivity index (χ0v) is 18.9. The van der Waals surface area contributed by atoms with E-state index in [9.17, 15) is 13.2 Å². The highest BCUT2D eigenvalue weighted by atomic mass is 32.2. The molecule has 0 fully saturated rings. The first-order chi connectivity index (χ1) is 15.9. The predicted octanol–water partition coefficient (Wildman–Crippen LogP) is 3.51. The van der Waals surface area contributed by atoms with E-state index in [-0.39, 0.29) is 22.0 Å². The van der Waals surface area contributed by atoms with E-state index in [0.29, 0.717) is 37.0 Å². The summed E-state index contributed by atoms with van der Waals surface area (Å²) in [6.45, 7) is 4.41. The van der Waals surface area contributed by atoms with Gasteiger partial charge in [-0.3, -0.25) is 4.72 Å². The van der Waals surface area contributed by atoms with Gasteiger partial charge in [0, 0.05) is 18.2 Å². The maximum atomic E-state index is 12.7. The van der Waals surface area contributed by atoms with E-state index in [0.717, 1.165) is 6.42 Å². The zero-order valence-electron chi connectivity index (χ0n) is 18.1. The molecule has 1 unspecified atom stereocenters. The number of aromatic nitrogens is 2. The molecule has 1 atom stereocenters. The van der Waals surface area contributed by atoms with Crippen LogP contribution in [0.15, 0.2) is 51.9 Å². The van der Waals surface area contributed by atoms with E-state index in [2.05, 4.69) is 14.9 Å². The van der Waals surface area contributed by atoms with Crippen LogP contribution in [0.4, 0.5) is 5.69 Å². The van der Waals surface area contributed by atoms with Gasteiger partial charge in [0.25, 0.3) is 15.9 Å². The maximum Gasteiger partial charge on any atom is 0.338 e. The fraction of sp³-hybridized carbons (Fsp3) is 0.318. The average molecular weight is 474 g/mol. The molecule has 3 aromatic rings. The molecule has 4 rings (SSSR count). The van der Waals surface area contributed by atoms with E-state index in [1.807, 2.05) is 6.92 Å². The molecule has 10 nitrogen and oxygen atoms in total. The molecule has 0 saturated heterocycles. The first kappa shape index (κ1) is 22.6. The Labute approximate surface area is 190 Å². The van der Waals surface area contributed by atoms with Crippen molar-refractivity contribution in [2.75, 3.05) is 17.9 Å². The monoisotopic (exact) mass is 473 g/mol. The molecule has 1 aliphatic rings. The first-order valence-corrected chi connectivity index (χ1v) is 11.9. The normalized spacial score (nSPS) is 13.9. The SMILES string of the molecule is CCCc1noc(C(C)OC(=O)c2ccc(NS(=O)(=O)c3ccc4c(c3)OCCO4)cc2)n1. The third kappa shape index (κ3) is 5.25. The second-order valence-electron chi connectivity index (χ2n) is 7.33. The molecule has 1 aliphatic heterocycles. The number of rotatable bonds is 8. The molecule has 33 heavy (non-hydrogen) atoms. The van der Waals surface area contributed by atoms with E-state index in [1.165, 1.54) is 36.4 Å². The number of benzene rings is 2. The summed E-state index contributed by atoms with van der Waals surface area (Å²) in [7, 11) is -3.87. The van der Waals surface area contributed by atoms with Gasteiger partial charge in [-0.25, -0.2) is 13.2 Å². The lowest BCUT2D eigenvalue weighted by Gasteiger charge is -2.19. The number of fused-ring (bicyclic) bond motifs is 1. The van der Waals surface area contributed by atoms with Crippen LogP contribution in [0.3, 0.4) is 0 Å². The van der Waals surface area contributed by atoms with Crippen molar-refractivity contribution in [3.05, 3.63) is 59.7 Å². The minimum absolute atomic E-state index is 0.0334. The molecular weight excluding hydrogens is 450 g/mol. The average Bonchev–Trinajstić information content (AvgIpc) is 3.28. The molecule has 1 aromatic heterocycles. The lowest BCUT2D eigenvalue weighted by Crippen LogP contribution is -2.17. The van der Waals surface area contributed by atoms with Gasteiger partial charge in [-0.1, -0.05) is 12.1 Å². The van der Waals surface area contributed by atoms with Gasteiger partial charge in [-0.05, 0) is 49.7 Å². The van der Waals surface area contributed by atoms with Crippen molar-refractivity contribution in [3.63, 3.8) is 0 Å². The highest BCUT2D eigenvalue weighted by Gasteiger charge is 2.21. The Morgan fingerprint density at radius 2 is 1.85 bits per heavy atom. The van der Waals surface area contributed by atoms with Crippen LogP contribution in [-0.2, 0) is 21.2 Å². The molecule has 0 spiro atoms. The number of nitrogens with one attached hydrogen (secondary N) is 1. The minimum Gasteiger partial charge on any atom is -0.486 e. The third-order valence-corrected chi connectivity index (χ3v) is 6.16. The van der Waals surface area contributed by atoms with Crippen LogP contribution in [0, 0.1) is 0 Å². The molecule has 0 aliphatic carbocycles. The Morgan fingerprint density at radius 3 is 2.58 bits per heavy atom. The number of esters is 1. The van der Waals surface area contributed by atoms with Crippen LogP contribution in [0.2, 0.25) is 0 Å². The summed E-state index contributed by atoms with van der Waals surface area (Å²) in [6.07, 6.45) is 0.829. The fourth-order valence-corrected chi connectivity index (χ4v) is 4.19. The Balaban J connectivity index is 1.40. The zero-order chi connectivity index (χ0) is 23.4. The smallest absolute Gasteiger partial charge is 0.338 e. The van der Waals surface area contributed by atoms with Crippen molar-refractivity contribution in [2.24, 2.45) is 0 Å². The van der Waals surface area contributed by atoms with Crippen molar-refractivity contribution >= 4 is 21.7 Å². The summed E-state index contributed by atoms with van der Waals surface area (Å²) in [6, 6.07) is 10.3. The molecule has 0 radical (unpaired) electrons. The fourth-order valence-electron chi connectivity index (χ4n) is 3.12. The number of anilines is 1. The van der Waals surface area contributed by atoms with Gasteiger partial charge in [0.05, 0.1) is 10.5 Å². The van der Waals surface area contributed by atoms with Gasteiger partial charge >= 0.3 is 5.97 Å². The lowest BCUT2D eigenvalue weighted by molar-refractivity contribution is 0.0265. The summed E-state index contributed by atoms with van der Waals surface area (Å²) in [4.78, 5) is 16.7. The first-order valence-electron chi connectivity index (χ1n) is 10.4. The second-order valence-corrected chi connectivity index (χ2v) is 9.02. The number of carbonyl (C=O) groups is 1. The molecular formula is C22H23N3O7S. The summed E-state index contributed by atoms with van der Waals surface area (Å²) in [5.41, 5.74) is 0.535. The molecule has 174 valence electrons. The van der Waals surface area contributed by atoms with Gasteiger partial charge in [0.1, 0.15) is 13.2 Å². The number of hydrogen-bond acceptors (Lipinski definition) is 9. The number of ether oxygens (including phenoxy) is 3. The maximum absolute atomic E-state index is 12.7. The van der Waals surface area contributed by atoms with Gasteiger partial charge in [0.2, 0.25) is 0 Å². The van der Waals surface area contributed by atoms with E-state index < -0.39 is 22.1 Å². The molecule has 1 N–H and O–H groups in total. The topological polar surface area (TPSA) is 130 Å². The summed E-state index contributed by atoms with van der Waals surface area (Å²) in [5, 5.41) is 3.84. The highest BCUT2D eigenvalue weighted by molar-refractivity contribution is 7.92. The largest absolute Gasteiger partial charge is 0.486 e. The molecule has 11 heteroatoms. The highest BCUT2D eigenvalue weighted by Crippen LogP contribution is 2.32. The number of hydrogen-bond donors (Lipinski definition) is 1. The van der Waals surface area contributed by atoms with Crippen molar-refractivity contribution < 1.29 is 31.9 Å². The minimum atomic E-state index is -3.87. The van der Waals surface area contributed by atoms with E-state index >= 15 is 0 Å². The second kappa shape index (κ2) is 9.49. The van der Waals surface area contributed by atoms with Crippen LogP contribution in [0.1, 0.15) is 48.4 Å². The Kier molecular flexibility index (Phi) is 6.50. The van der Waals surface area contributed by atoms with Crippen molar-refractivity contribution in [2.45, 2.75) is 37.7 Å². The molecule has 2 aromatic carbocycles. The summed E-state index contributed by atoms with van der Waals surface area (Å²) in [5.74, 6) is 1.05. The molecule has 0 saturated carbocycles. The Hall–Kier alpha value is -3.60. The Morgan fingerprint density at radius 1 is 1.12 bits per heavy atom. The molecule has 0 bridgehead atoms. The quantitative estimate of drug-likeness (QED) is 0.488. The number of carbonyl (C=O) groups excluding carboxylic acids is 1. The number of nitrogens with zero attached hydrogens (tertiary/aromatic N) is 2. The van der Waals surface area contributed by atoms with E-state index in [4.69, 9.17) is 18.7 Å². The van der Waals surface area contributed by atoms with Gasteiger partial charge in [-0.15, -0.1) is 0 Å². The summed E-state index contributed by atoms with van der Waals surface area (Å²) >= 11 is 0. The van der Waals surface area contributed by atoms with Crippen molar-refractivity contribution in [1.82, 2.24) is 10.1 Å². The molecule has 2 heterocycles. The van der Waals surface area contributed by atoms with Gasteiger partial charge < -0.3 is 18.7 Å². The number of aryl methyl sites for hydroxylation is 1. The van der Waals surface area contributed by atoms with Crippen LogP contribution in [0.5, 0.6) is 11.5 Å². The van der Waals surface area contributed by atoms with Crippen LogP contribution < -0.4 is 14.2 Å². The van der Waals surface area contributed by atoms with Gasteiger partial charge in [-0.2, -0.15) is 4.98 Å². The van der Waals surface area contributed by atoms with Crippen LogP contribution in [0.25, 0.3) is 0 Å². The number of sulfonamides is 1.